The lowest BCUT2D eigenvalue weighted by Gasteiger charge is -2.49. The summed E-state index contributed by atoms with van der Waals surface area (Å²) in [5, 5.41) is 2.78. The van der Waals surface area contributed by atoms with Crippen LogP contribution >= 0.6 is 0 Å². The van der Waals surface area contributed by atoms with Gasteiger partial charge in [-0.3, -0.25) is 4.90 Å². The highest BCUT2D eigenvalue weighted by atomic mass is 19.1. The number of amides is 2. The molecule has 0 aliphatic carbocycles. The molecule has 3 rings (SSSR count). The minimum Gasteiger partial charge on any atom is -0.321 e. The molecule has 2 saturated heterocycles. The molecule has 2 fully saturated rings. The maximum absolute atomic E-state index is 13.5. The lowest BCUT2D eigenvalue weighted by atomic mass is 9.98. The maximum Gasteiger partial charge on any atom is 0.321 e. The Hall–Kier alpha value is -1.62. The highest BCUT2D eigenvalue weighted by molar-refractivity contribution is 5.90. The van der Waals surface area contributed by atoms with E-state index in [1.807, 2.05) is 0 Å². The Labute approximate surface area is 131 Å². The van der Waals surface area contributed by atoms with Gasteiger partial charge < -0.3 is 10.2 Å². The maximum atomic E-state index is 13.5. The highest BCUT2D eigenvalue weighted by Gasteiger charge is 2.37. The van der Waals surface area contributed by atoms with Crippen LogP contribution in [0.15, 0.2) is 18.2 Å². The molecule has 5 heteroatoms. The monoisotopic (exact) mass is 305 g/mol. The van der Waals surface area contributed by atoms with Crippen molar-refractivity contribution >= 4 is 11.7 Å². The molecular formula is C17H24FN3O. The van der Waals surface area contributed by atoms with Crippen LogP contribution in [0.2, 0.25) is 0 Å². The average Bonchev–Trinajstić information content (AvgIpc) is 2.43. The molecule has 2 heterocycles. The zero-order valence-electron chi connectivity index (χ0n) is 13.3. The lowest BCUT2D eigenvalue weighted by molar-refractivity contribution is 0.0199. The quantitative estimate of drug-likeness (QED) is 0.910. The van der Waals surface area contributed by atoms with Gasteiger partial charge in [0.2, 0.25) is 0 Å². The van der Waals surface area contributed by atoms with Crippen LogP contribution in [-0.2, 0) is 0 Å². The fourth-order valence-electron chi connectivity index (χ4n) is 3.37. The first kappa shape index (κ1) is 15.3. The Balaban J connectivity index is 1.51. The SMILES string of the molecule is Cc1ccc(NC(=O)N2CC(N3CCCCC3C)C2)cc1F. The van der Waals surface area contributed by atoms with E-state index in [1.165, 1.54) is 25.3 Å². The van der Waals surface area contributed by atoms with Gasteiger partial charge in [0.25, 0.3) is 0 Å². The number of benzene rings is 1. The smallest absolute Gasteiger partial charge is 0.321 e. The molecule has 2 aliphatic heterocycles. The summed E-state index contributed by atoms with van der Waals surface area (Å²) in [6.45, 7) is 6.66. The van der Waals surface area contributed by atoms with E-state index in [1.54, 1.807) is 24.0 Å². The largest absolute Gasteiger partial charge is 0.321 e. The molecule has 0 radical (unpaired) electrons. The van der Waals surface area contributed by atoms with Gasteiger partial charge >= 0.3 is 6.03 Å². The number of nitrogens with zero attached hydrogens (tertiary/aromatic N) is 2. The zero-order chi connectivity index (χ0) is 15.7. The Bertz CT molecular complexity index is 557. The number of anilines is 1. The van der Waals surface area contributed by atoms with E-state index in [0.717, 1.165) is 19.6 Å². The first-order valence-corrected chi connectivity index (χ1v) is 8.12. The van der Waals surface area contributed by atoms with Crippen molar-refractivity contribution in [2.24, 2.45) is 0 Å². The molecule has 120 valence electrons. The van der Waals surface area contributed by atoms with Gasteiger partial charge in [0, 0.05) is 30.9 Å². The number of rotatable bonds is 2. The molecule has 0 saturated carbocycles. The molecule has 1 aromatic carbocycles. The highest BCUT2D eigenvalue weighted by Crippen LogP contribution is 2.25. The van der Waals surface area contributed by atoms with Crippen molar-refractivity contribution in [3.8, 4) is 0 Å². The number of halogens is 1. The summed E-state index contributed by atoms with van der Waals surface area (Å²) in [4.78, 5) is 16.5. The number of nitrogens with one attached hydrogen (secondary N) is 1. The van der Waals surface area contributed by atoms with E-state index in [9.17, 15) is 9.18 Å². The Morgan fingerprint density at radius 3 is 2.77 bits per heavy atom. The fraction of sp³-hybridized carbons (Fsp3) is 0.588. The Kier molecular flexibility index (Phi) is 4.34. The van der Waals surface area contributed by atoms with Crippen LogP contribution in [0.4, 0.5) is 14.9 Å². The van der Waals surface area contributed by atoms with Crippen LogP contribution in [0.3, 0.4) is 0 Å². The molecule has 4 nitrogen and oxygen atoms in total. The van der Waals surface area contributed by atoms with Crippen LogP contribution < -0.4 is 5.32 Å². The third kappa shape index (κ3) is 3.09. The summed E-state index contributed by atoms with van der Waals surface area (Å²) >= 11 is 0. The molecule has 1 atom stereocenters. The molecule has 2 aliphatic rings. The van der Waals surface area contributed by atoms with Crippen LogP contribution in [-0.4, -0.2) is 47.5 Å². The second-order valence-corrected chi connectivity index (χ2v) is 6.54. The van der Waals surface area contributed by atoms with Crippen molar-refractivity contribution in [1.29, 1.82) is 0 Å². The Morgan fingerprint density at radius 1 is 1.32 bits per heavy atom. The minimum atomic E-state index is -0.290. The van der Waals surface area contributed by atoms with Gasteiger partial charge in [-0.05, 0) is 50.9 Å². The van der Waals surface area contributed by atoms with Crippen molar-refractivity contribution in [2.75, 3.05) is 25.0 Å². The normalized spacial score (nSPS) is 23.2. The molecule has 0 bridgehead atoms. The van der Waals surface area contributed by atoms with E-state index in [-0.39, 0.29) is 11.8 Å². The number of hydrogen-bond donors (Lipinski definition) is 1. The van der Waals surface area contributed by atoms with Crippen LogP contribution in [0, 0.1) is 12.7 Å². The van der Waals surface area contributed by atoms with Crippen molar-refractivity contribution < 1.29 is 9.18 Å². The predicted molar refractivity (Wildman–Crippen MR) is 85.5 cm³/mol. The number of carbonyl (C=O) groups is 1. The van der Waals surface area contributed by atoms with Crippen LogP contribution in [0.25, 0.3) is 0 Å². The van der Waals surface area contributed by atoms with E-state index in [2.05, 4.69) is 17.1 Å². The third-order valence-corrected chi connectivity index (χ3v) is 4.90. The molecule has 1 N–H and O–H groups in total. The second-order valence-electron chi connectivity index (χ2n) is 6.54. The van der Waals surface area contributed by atoms with E-state index >= 15 is 0 Å². The van der Waals surface area contributed by atoms with Gasteiger partial charge in [0.1, 0.15) is 5.82 Å². The molecule has 1 aromatic rings. The topological polar surface area (TPSA) is 35.6 Å². The zero-order valence-corrected chi connectivity index (χ0v) is 13.3. The summed E-state index contributed by atoms with van der Waals surface area (Å²) in [5.74, 6) is -0.290. The Morgan fingerprint density at radius 2 is 2.09 bits per heavy atom. The number of aryl methyl sites for hydroxylation is 1. The van der Waals surface area contributed by atoms with Crippen molar-refractivity contribution in [1.82, 2.24) is 9.80 Å². The number of hydrogen-bond acceptors (Lipinski definition) is 2. The van der Waals surface area contributed by atoms with Gasteiger partial charge in [-0.2, -0.15) is 0 Å². The number of likely N-dealkylation sites (tertiary alicyclic amines) is 2. The summed E-state index contributed by atoms with van der Waals surface area (Å²) in [6.07, 6.45) is 3.83. The van der Waals surface area contributed by atoms with E-state index < -0.39 is 0 Å². The van der Waals surface area contributed by atoms with Crippen LogP contribution in [0.5, 0.6) is 0 Å². The van der Waals surface area contributed by atoms with Gasteiger partial charge in [-0.25, -0.2) is 9.18 Å². The van der Waals surface area contributed by atoms with Gasteiger partial charge in [-0.15, -0.1) is 0 Å². The number of carbonyl (C=O) groups excluding carboxylic acids is 1. The third-order valence-electron chi connectivity index (χ3n) is 4.90. The molecule has 0 aromatic heterocycles. The standard InChI is InChI=1S/C17H24FN3O/c1-12-6-7-14(9-16(12)18)19-17(22)20-10-15(11-20)21-8-4-3-5-13(21)2/h6-7,9,13,15H,3-5,8,10-11H2,1-2H3,(H,19,22). The van der Waals surface area contributed by atoms with Gasteiger partial charge in [0.15, 0.2) is 0 Å². The molecule has 1 unspecified atom stereocenters. The number of piperidine rings is 1. The van der Waals surface area contributed by atoms with E-state index in [0.29, 0.717) is 23.3 Å². The number of urea groups is 1. The summed E-state index contributed by atoms with van der Waals surface area (Å²) in [6, 6.07) is 5.76. The summed E-state index contributed by atoms with van der Waals surface area (Å²) < 4.78 is 13.5. The fourth-order valence-corrected chi connectivity index (χ4v) is 3.37. The summed E-state index contributed by atoms with van der Waals surface area (Å²) in [5.41, 5.74) is 1.10. The van der Waals surface area contributed by atoms with Crippen molar-refractivity contribution in [3.63, 3.8) is 0 Å². The first-order chi connectivity index (χ1) is 10.5. The molecule has 2 amide bonds. The molecule has 22 heavy (non-hydrogen) atoms. The van der Waals surface area contributed by atoms with Crippen molar-refractivity contribution in [2.45, 2.75) is 45.2 Å². The second kappa shape index (κ2) is 6.24. The lowest BCUT2D eigenvalue weighted by Crippen LogP contribution is -2.64. The van der Waals surface area contributed by atoms with Crippen molar-refractivity contribution in [3.05, 3.63) is 29.6 Å². The van der Waals surface area contributed by atoms with Gasteiger partial charge in [-0.1, -0.05) is 12.5 Å². The van der Waals surface area contributed by atoms with Gasteiger partial charge in [0.05, 0.1) is 0 Å². The average molecular weight is 305 g/mol. The van der Waals surface area contributed by atoms with E-state index in [4.69, 9.17) is 0 Å². The minimum absolute atomic E-state index is 0.135. The van der Waals surface area contributed by atoms with Crippen LogP contribution in [0.1, 0.15) is 31.7 Å². The first-order valence-electron chi connectivity index (χ1n) is 8.12. The molecule has 0 spiro atoms. The summed E-state index contributed by atoms with van der Waals surface area (Å²) in [7, 11) is 0. The molecular weight excluding hydrogens is 281 g/mol. The predicted octanol–water partition coefficient (Wildman–Crippen LogP) is 3.22.